The lowest BCUT2D eigenvalue weighted by Gasteiger charge is -2.11. The Kier molecular flexibility index (Phi) is 3.13. The number of ether oxygens (including phenoxy) is 1. The number of rotatable bonds is 4. The van der Waals surface area contributed by atoms with Crippen molar-refractivity contribution in [2.75, 3.05) is 13.2 Å². The van der Waals surface area contributed by atoms with Crippen molar-refractivity contribution in [3.05, 3.63) is 42.0 Å². The molecule has 1 aromatic carbocycles. The topological polar surface area (TPSA) is 59.3 Å². The summed E-state index contributed by atoms with van der Waals surface area (Å²) in [7, 11) is 2.00. The van der Waals surface area contributed by atoms with Gasteiger partial charge in [-0.1, -0.05) is 0 Å². The van der Waals surface area contributed by atoms with Crippen LogP contribution in [-0.4, -0.2) is 27.8 Å². The number of phenolic OH excluding ortho intramolecular Hbond substituents is 1. The van der Waals surface area contributed by atoms with Gasteiger partial charge in [0.1, 0.15) is 23.9 Å². The summed E-state index contributed by atoms with van der Waals surface area (Å²) in [5, 5.41) is 12.9. The van der Waals surface area contributed by atoms with Crippen molar-refractivity contribution in [1.82, 2.24) is 14.9 Å². The third-order valence-corrected chi connectivity index (χ3v) is 3.44. The van der Waals surface area contributed by atoms with E-state index in [0.29, 0.717) is 6.61 Å². The molecule has 2 N–H and O–H groups in total. The van der Waals surface area contributed by atoms with Crippen LogP contribution in [0.15, 0.2) is 30.6 Å². The van der Waals surface area contributed by atoms with Crippen LogP contribution in [-0.2, 0) is 13.5 Å². The predicted molar refractivity (Wildman–Crippen MR) is 71.3 cm³/mol. The number of imidazole rings is 1. The molecule has 0 saturated carbocycles. The van der Waals surface area contributed by atoms with Crippen molar-refractivity contribution < 1.29 is 9.84 Å². The molecule has 1 aromatic heterocycles. The van der Waals surface area contributed by atoms with Crippen molar-refractivity contribution in [1.29, 1.82) is 0 Å². The molecule has 0 amide bonds. The van der Waals surface area contributed by atoms with Gasteiger partial charge < -0.3 is 19.7 Å². The Bertz CT molecular complexity index is 580. The third-order valence-electron chi connectivity index (χ3n) is 3.44. The fraction of sp³-hybridized carbons (Fsp3) is 0.357. The van der Waals surface area contributed by atoms with E-state index in [1.54, 1.807) is 12.1 Å². The molecule has 100 valence electrons. The fourth-order valence-corrected chi connectivity index (χ4v) is 2.36. The van der Waals surface area contributed by atoms with Crippen molar-refractivity contribution in [2.24, 2.45) is 7.05 Å². The predicted octanol–water partition coefficient (Wildman–Crippen LogP) is 1.39. The smallest absolute Gasteiger partial charge is 0.127 e. The molecule has 3 rings (SSSR count). The normalized spacial score (nSPS) is 17.2. The summed E-state index contributed by atoms with van der Waals surface area (Å²) in [5.74, 6) is 2.08. The maximum absolute atomic E-state index is 9.40. The number of aromatic hydroxyl groups is 1. The monoisotopic (exact) mass is 259 g/mol. The molecule has 2 aromatic rings. The van der Waals surface area contributed by atoms with Crippen molar-refractivity contribution in [3.63, 3.8) is 0 Å². The van der Waals surface area contributed by atoms with Crippen LogP contribution in [0, 0.1) is 0 Å². The maximum atomic E-state index is 9.40. The second kappa shape index (κ2) is 4.93. The van der Waals surface area contributed by atoms with Crippen molar-refractivity contribution in [3.8, 4) is 11.5 Å². The van der Waals surface area contributed by atoms with Gasteiger partial charge in [-0.15, -0.1) is 0 Å². The molecule has 0 fully saturated rings. The first-order chi connectivity index (χ1) is 9.24. The Morgan fingerprint density at radius 3 is 3.21 bits per heavy atom. The molecular weight excluding hydrogens is 242 g/mol. The molecule has 1 aliphatic heterocycles. The van der Waals surface area contributed by atoms with Gasteiger partial charge in [-0.25, -0.2) is 4.98 Å². The van der Waals surface area contributed by atoms with Crippen molar-refractivity contribution >= 4 is 0 Å². The van der Waals surface area contributed by atoms with E-state index in [2.05, 4.69) is 10.3 Å². The largest absolute Gasteiger partial charge is 0.508 e. The maximum Gasteiger partial charge on any atom is 0.127 e. The SMILES string of the molecule is Cn1ccnc1CCNC1COc2cc(O)ccc21. The Morgan fingerprint density at radius 1 is 1.53 bits per heavy atom. The van der Waals surface area contributed by atoms with Gasteiger partial charge in [-0.2, -0.15) is 0 Å². The van der Waals surface area contributed by atoms with Gasteiger partial charge >= 0.3 is 0 Å². The zero-order valence-electron chi connectivity index (χ0n) is 10.8. The lowest BCUT2D eigenvalue weighted by molar-refractivity contribution is 0.310. The van der Waals surface area contributed by atoms with E-state index in [1.165, 1.54) is 0 Å². The molecule has 2 heterocycles. The molecule has 0 aliphatic carbocycles. The van der Waals surface area contributed by atoms with E-state index >= 15 is 0 Å². The Morgan fingerprint density at radius 2 is 2.42 bits per heavy atom. The van der Waals surface area contributed by atoms with E-state index in [4.69, 9.17) is 4.74 Å². The second-order valence-corrected chi connectivity index (χ2v) is 4.74. The van der Waals surface area contributed by atoms with Gasteiger partial charge in [0.2, 0.25) is 0 Å². The summed E-state index contributed by atoms with van der Waals surface area (Å²) in [5.41, 5.74) is 1.11. The number of aromatic nitrogens is 2. The number of nitrogens with one attached hydrogen (secondary N) is 1. The van der Waals surface area contributed by atoms with Crippen LogP contribution < -0.4 is 10.1 Å². The number of fused-ring (bicyclic) bond motifs is 1. The van der Waals surface area contributed by atoms with Crippen molar-refractivity contribution in [2.45, 2.75) is 12.5 Å². The Balaban J connectivity index is 1.60. The standard InChI is InChI=1S/C14H17N3O2/c1-17-7-6-16-14(17)4-5-15-12-9-19-13-8-10(18)2-3-11(12)13/h2-3,6-8,12,15,18H,4-5,9H2,1H3. The molecule has 5 nitrogen and oxygen atoms in total. The van der Waals surface area contributed by atoms with Crippen LogP contribution in [0.25, 0.3) is 0 Å². The van der Waals surface area contributed by atoms with Gasteiger partial charge in [-0.3, -0.25) is 0 Å². The number of nitrogens with zero attached hydrogens (tertiary/aromatic N) is 2. The highest BCUT2D eigenvalue weighted by Gasteiger charge is 2.23. The Labute approximate surface area is 111 Å². The van der Waals surface area contributed by atoms with E-state index in [0.717, 1.165) is 30.1 Å². The average Bonchev–Trinajstić information content (AvgIpc) is 2.97. The zero-order chi connectivity index (χ0) is 13.2. The first-order valence-corrected chi connectivity index (χ1v) is 6.39. The molecule has 0 radical (unpaired) electrons. The number of aryl methyl sites for hydroxylation is 1. The van der Waals surface area contributed by atoms with E-state index in [1.807, 2.05) is 30.1 Å². The van der Waals surface area contributed by atoms with Gasteiger partial charge in [0.15, 0.2) is 0 Å². The van der Waals surface area contributed by atoms with Crippen LogP contribution in [0.2, 0.25) is 0 Å². The minimum atomic E-state index is 0.191. The summed E-state index contributed by atoms with van der Waals surface area (Å²) in [4.78, 5) is 4.29. The minimum absolute atomic E-state index is 0.191. The highest BCUT2D eigenvalue weighted by molar-refractivity contribution is 5.44. The minimum Gasteiger partial charge on any atom is -0.508 e. The highest BCUT2D eigenvalue weighted by Crippen LogP contribution is 2.34. The molecule has 19 heavy (non-hydrogen) atoms. The van der Waals surface area contributed by atoms with Crippen LogP contribution in [0.3, 0.4) is 0 Å². The molecule has 1 aliphatic rings. The Hall–Kier alpha value is -2.01. The molecule has 5 heteroatoms. The lowest BCUT2D eigenvalue weighted by Crippen LogP contribution is -2.25. The van der Waals surface area contributed by atoms with Gasteiger partial charge in [0.25, 0.3) is 0 Å². The summed E-state index contributed by atoms with van der Waals surface area (Å²) >= 11 is 0. The van der Waals surface area contributed by atoms with E-state index in [-0.39, 0.29) is 11.8 Å². The summed E-state index contributed by atoms with van der Waals surface area (Å²) in [6, 6.07) is 5.46. The number of hydrogen-bond acceptors (Lipinski definition) is 4. The quantitative estimate of drug-likeness (QED) is 0.871. The van der Waals surface area contributed by atoms with Crippen LogP contribution in [0.1, 0.15) is 17.4 Å². The molecule has 0 bridgehead atoms. The number of hydrogen-bond donors (Lipinski definition) is 2. The van der Waals surface area contributed by atoms with Crippen LogP contribution in [0.5, 0.6) is 11.5 Å². The molecular formula is C14H17N3O2. The zero-order valence-corrected chi connectivity index (χ0v) is 10.8. The van der Waals surface area contributed by atoms with Crippen LogP contribution >= 0.6 is 0 Å². The van der Waals surface area contributed by atoms with Gasteiger partial charge in [-0.05, 0) is 12.1 Å². The molecule has 0 spiro atoms. The molecule has 1 unspecified atom stereocenters. The summed E-state index contributed by atoms with van der Waals surface area (Å²) in [6.45, 7) is 1.46. The molecule has 1 atom stereocenters. The first-order valence-electron chi connectivity index (χ1n) is 6.39. The number of phenols is 1. The van der Waals surface area contributed by atoms with Crippen LogP contribution in [0.4, 0.5) is 0 Å². The first kappa shape index (κ1) is 12.0. The fourth-order valence-electron chi connectivity index (χ4n) is 2.36. The highest BCUT2D eigenvalue weighted by atomic mass is 16.5. The van der Waals surface area contributed by atoms with E-state index in [9.17, 15) is 5.11 Å². The second-order valence-electron chi connectivity index (χ2n) is 4.74. The summed E-state index contributed by atoms with van der Waals surface area (Å²) in [6.07, 6.45) is 4.64. The number of benzene rings is 1. The van der Waals surface area contributed by atoms with Gasteiger partial charge in [0.05, 0.1) is 6.04 Å². The summed E-state index contributed by atoms with van der Waals surface area (Å²) < 4.78 is 7.59. The lowest BCUT2D eigenvalue weighted by atomic mass is 10.1. The van der Waals surface area contributed by atoms with Gasteiger partial charge in [0, 0.05) is 44.0 Å². The van der Waals surface area contributed by atoms with E-state index < -0.39 is 0 Å². The average molecular weight is 259 g/mol. The third kappa shape index (κ3) is 2.42. The molecule has 0 saturated heterocycles.